The Morgan fingerprint density at radius 1 is 1.22 bits per heavy atom. The van der Waals surface area contributed by atoms with Gasteiger partial charge < -0.3 is 0 Å². The van der Waals surface area contributed by atoms with E-state index in [1.165, 1.54) is 11.5 Å². The van der Waals surface area contributed by atoms with Gasteiger partial charge in [0.2, 0.25) is 0 Å². The molecule has 0 aliphatic heterocycles. The van der Waals surface area contributed by atoms with Crippen LogP contribution in [0.1, 0.15) is 5.69 Å². The molecule has 0 aliphatic rings. The summed E-state index contributed by atoms with van der Waals surface area (Å²) in [4.78, 5) is 0. The van der Waals surface area contributed by atoms with Crippen LogP contribution in [0.2, 0.25) is 4.34 Å². The van der Waals surface area contributed by atoms with Gasteiger partial charge in [-0.15, -0.1) is 10.2 Å². The minimum Gasteiger partial charge on any atom is -0.157 e. The Bertz CT molecular complexity index is 680. The molecule has 18 heavy (non-hydrogen) atoms. The van der Waals surface area contributed by atoms with Crippen molar-refractivity contribution in [2.24, 2.45) is 0 Å². The van der Waals surface area contributed by atoms with Crippen LogP contribution < -0.4 is 0 Å². The second-order valence-electron chi connectivity index (χ2n) is 3.52. The molecular formula is C11H7ClN4S2. The number of halogens is 1. The summed E-state index contributed by atoms with van der Waals surface area (Å²) < 4.78 is 4.44. The second-order valence-corrected chi connectivity index (χ2v) is 5.84. The largest absolute Gasteiger partial charge is 0.157 e. The quantitative estimate of drug-likeness (QED) is 0.693. The van der Waals surface area contributed by atoms with E-state index in [4.69, 9.17) is 11.6 Å². The highest BCUT2D eigenvalue weighted by Crippen LogP contribution is 2.29. The summed E-state index contributed by atoms with van der Waals surface area (Å²) in [5.41, 5.74) is 0.793. The second kappa shape index (κ2) is 5.17. The van der Waals surface area contributed by atoms with Crippen LogP contribution in [0, 0.1) is 0 Å². The van der Waals surface area contributed by atoms with E-state index in [1.54, 1.807) is 18.0 Å². The van der Waals surface area contributed by atoms with Crippen molar-refractivity contribution < 1.29 is 0 Å². The first-order valence-electron chi connectivity index (χ1n) is 5.14. The third-order valence-corrected chi connectivity index (χ3v) is 4.37. The fourth-order valence-corrected chi connectivity index (χ4v) is 3.25. The predicted octanol–water partition coefficient (Wildman–Crippen LogP) is 3.43. The summed E-state index contributed by atoms with van der Waals surface area (Å²) in [6.07, 6.45) is 1.76. The molecule has 0 amide bonds. The maximum Gasteiger partial charge on any atom is 0.138 e. The molecule has 90 valence electrons. The molecular weight excluding hydrogens is 288 g/mol. The van der Waals surface area contributed by atoms with Crippen molar-refractivity contribution in [3.63, 3.8) is 0 Å². The molecule has 2 aromatic heterocycles. The average Bonchev–Trinajstić information content (AvgIpc) is 2.82. The van der Waals surface area contributed by atoms with Gasteiger partial charge >= 0.3 is 0 Å². The molecule has 0 saturated heterocycles. The van der Waals surface area contributed by atoms with Crippen molar-refractivity contribution >= 4 is 45.7 Å². The third kappa shape index (κ3) is 2.31. The fraction of sp³-hybridized carbons (Fsp3) is 0.0909. The molecule has 0 fully saturated rings. The number of nitrogens with zero attached hydrogens (tertiary/aromatic N) is 4. The van der Waals surface area contributed by atoms with Crippen molar-refractivity contribution in [3.05, 3.63) is 40.5 Å². The molecule has 4 nitrogen and oxygen atoms in total. The number of benzene rings is 1. The third-order valence-electron chi connectivity index (χ3n) is 2.39. The van der Waals surface area contributed by atoms with Crippen LogP contribution in [0.3, 0.4) is 0 Å². The first kappa shape index (κ1) is 11.8. The van der Waals surface area contributed by atoms with Gasteiger partial charge in [-0.3, -0.25) is 0 Å². The molecule has 3 rings (SSSR count). The topological polar surface area (TPSA) is 51.6 Å². The molecule has 0 spiro atoms. The lowest BCUT2D eigenvalue weighted by molar-refractivity contribution is 0.954. The van der Waals surface area contributed by atoms with Gasteiger partial charge in [0.05, 0.1) is 6.20 Å². The summed E-state index contributed by atoms with van der Waals surface area (Å²) in [6, 6.07) is 8.03. The van der Waals surface area contributed by atoms with E-state index in [-0.39, 0.29) is 0 Å². The minimum atomic E-state index is 0.635. The Kier molecular flexibility index (Phi) is 3.40. The van der Waals surface area contributed by atoms with Crippen molar-refractivity contribution in [2.75, 3.05) is 0 Å². The maximum atomic E-state index is 5.97. The normalized spacial score (nSPS) is 10.9. The summed E-state index contributed by atoms with van der Waals surface area (Å²) in [7, 11) is 0. The molecule has 3 aromatic rings. The number of thioether (sulfide) groups is 1. The van der Waals surface area contributed by atoms with E-state index in [0.29, 0.717) is 10.1 Å². The average molecular weight is 295 g/mol. The smallest absolute Gasteiger partial charge is 0.138 e. The van der Waals surface area contributed by atoms with E-state index < -0.39 is 0 Å². The number of rotatable bonds is 3. The minimum absolute atomic E-state index is 0.635. The zero-order valence-electron chi connectivity index (χ0n) is 9.08. The zero-order chi connectivity index (χ0) is 12.4. The zero-order valence-corrected chi connectivity index (χ0v) is 11.5. The van der Waals surface area contributed by atoms with Crippen LogP contribution >= 0.6 is 34.9 Å². The molecule has 0 unspecified atom stereocenters. The Hall–Kier alpha value is -1.24. The number of hydrogen-bond donors (Lipinski definition) is 0. The number of fused-ring (bicyclic) bond motifs is 1. The Labute approximate surface area is 117 Å². The maximum absolute atomic E-state index is 5.97. The molecule has 0 aliphatic carbocycles. The van der Waals surface area contributed by atoms with Crippen LogP contribution in [0.5, 0.6) is 0 Å². The van der Waals surface area contributed by atoms with Crippen molar-refractivity contribution in [1.82, 2.24) is 19.8 Å². The van der Waals surface area contributed by atoms with Crippen molar-refractivity contribution in [3.8, 4) is 0 Å². The van der Waals surface area contributed by atoms with Gasteiger partial charge in [0.15, 0.2) is 0 Å². The lowest BCUT2D eigenvalue weighted by Gasteiger charge is -2.02. The molecule has 0 radical (unpaired) electrons. The summed E-state index contributed by atoms with van der Waals surface area (Å²) in [6.45, 7) is 0. The monoisotopic (exact) mass is 294 g/mol. The lowest BCUT2D eigenvalue weighted by Crippen LogP contribution is -1.89. The Morgan fingerprint density at radius 3 is 2.94 bits per heavy atom. The summed E-state index contributed by atoms with van der Waals surface area (Å²) >= 11 is 8.73. The van der Waals surface area contributed by atoms with E-state index in [2.05, 4.69) is 19.8 Å². The van der Waals surface area contributed by atoms with Crippen molar-refractivity contribution in [1.29, 1.82) is 0 Å². The highest BCUT2D eigenvalue weighted by molar-refractivity contribution is 7.98. The fourth-order valence-electron chi connectivity index (χ4n) is 1.53. The van der Waals surface area contributed by atoms with Gasteiger partial charge in [-0.2, -0.15) is 5.10 Å². The first-order valence-corrected chi connectivity index (χ1v) is 7.28. The Morgan fingerprint density at radius 2 is 2.11 bits per heavy atom. The van der Waals surface area contributed by atoms with Crippen LogP contribution in [0.25, 0.3) is 10.8 Å². The molecule has 2 heterocycles. The van der Waals surface area contributed by atoms with Gasteiger partial charge in [-0.25, -0.2) is 0 Å². The van der Waals surface area contributed by atoms with Gasteiger partial charge in [0.25, 0.3) is 0 Å². The van der Waals surface area contributed by atoms with E-state index in [9.17, 15) is 0 Å². The standard InChI is InChI=1S/C11H7ClN4S2/c12-10-9(14-16-18-10)6-17-11-8-4-2-1-3-7(8)5-13-15-11/h1-5H,6H2. The van der Waals surface area contributed by atoms with E-state index in [0.717, 1.165) is 21.5 Å². The highest BCUT2D eigenvalue weighted by atomic mass is 35.5. The van der Waals surface area contributed by atoms with Gasteiger partial charge in [0, 0.05) is 28.1 Å². The van der Waals surface area contributed by atoms with Crippen LogP contribution in [0.4, 0.5) is 0 Å². The predicted molar refractivity (Wildman–Crippen MR) is 74.0 cm³/mol. The van der Waals surface area contributed by atoms with Crippen LogP contribution in [-0.2, 0) is 5.75 Å². The Balaban J connectivity index is 1.89. The van der Waals surface area contributed by atoms with Crippen molar-refractivity contribution in [2.45, 2.75) is 10.8 Å². The van der Waals surface area contributed by atoms with Gasteiger partial charge in [0.1, 0.15) is 15.1 Å². The molecule has 1 aromatic carbocycles. The summed E-state index contributed by atoms with van der Waals surface area (Å²) in [5.74, 6) is 0.651. The SMILES string of the molecule is Clc1snnc1CSc1nncc2ccccc12. The lowest BCUT2D eigenvalue weighted by atomic mass is 10.2. The van der Waals surface area contributed by atoms with E-state index >= 15 is 0 Å². The van der Waals surface area contributed by atoms with Crippen LogP contribution in [-0.4, -0.2) is 19.8 Å². The first-order chi connectivity index (χ1) is 8.84. The molecule has 0 N–H and O–H groups in total. The molecule has 0 atom stereocenters. The van der Waals surface area contributed by atoms with E-state index in [1.807, 2.05) is 24.3 Å². The summed E-state index contributed by atoms with van der Waals surface area (Å²) in [5, 5.41) is 15.2. The number of hydrogen-bond acceptors (Lipinski definition) is 6. The highest BCUT2D eigenvalue weighted by Gasteiger charge is 2.09. The molecule has 7 heteroatoms. The molecule has 0 bridgehead atoms. The number of aromatic nitrogens is 4. The van der Waals surface area contributed by atoms with Gasteiger partial charge in [-0.05, 0) is 0 Å². The van der Waals surface area contributed by atoms with Gasteiger partial charge in [-0.1, -0.05) is 52.1 Å². The van der Waals surface area contributed by atoms with Crippen LogP contribution in [0.15, 0.2) is 35.5 Å². The molecule has 0 saturated carbocycles.